The van der Waals surface area contributed by atoms with E-state index in [1.165, 1.54) is 7.11 Å². The minimum Gasteiger partial charge on any atom is -0.497 e. The van der Waals surface area contributed by atoms with Gasteiger partial charge in [-0.1, -0.05) is 30.3 Å². The maximum absolute atomic E-state index is 13.1. The fourth-order valence-electron chi connectivity index (χ4n) is 3.80. The molecule has 8 nitrogen and oxygen atoms in total. The number of amides is 1. The zero-order chi connectivity index (χ0) is 22.2. The first-order chi connectivity index (χ1) is 14.8. The van der Waals surface area contributed by atoms with E-state index in [9.17, 15) is 24.3 Å². The number of nitriles is 1. The summed E-state index contributed by atoms with van der Waals surface area (Å²) >= 11 is 0. The Labute approximate surface area is 180 Å². The Morgan fingerprint density at radius 3 is 2.55 bits per heavy atom. The second-order valence-corrected chi connectivity index (χ2v) is 9.63. The van der Waals surface area contributed by atoms with Gasteiger partial charge in [0, 0.05) is 10.9 Å². The van der Waals surface area contributed by atoms with Crippen molar-refractivity contribution in [3.05, 3.63) is 59.9 Å². The van der Waals surface area contributed by atoms with Crippen molar-refractivity contribution < 1.29 is 23.7 Å². The van der Waals surface area contributed by atoms with Crippen molar-refractivity contribution in [2.45, 2.75) is 12.1 Å². The summed E-state index contributed by atoms with van der Waals surface area (Å²) in [6.07, 6.45) is -1.07. The zero-order valence-electron chi connectivity index (χ0n) is 16.6. The molecule has 1 fully saturated rings. The molecular weight excluding hydrogens is 418 g/mol. The van der Waals surface area contributed by atoms with Crippen LogP contribution in [0.4, 0.5) is 0 Å². The Bertz CT molecular complexity index is 1190. The maximum atomic E-state index is 13.1. The van der Waals surface area contributed by atoms with E-state index in [1.54, 1.807) is 18.2 Å². The Morgan fingerprint density at radius 1 is 1.19 bits per heavy atom. The molecule has 31 heavy (non-hydrogen) atoms. The fourth-order valence-corrected chi connectivity index (χ4v) is 5.60. The number of benzene rings is 2. The molecule has 1 amide bonds. The van der Waals surface area contributed by atoms with E-state index in [0.29, 0.717) is 22.1 Å². The molecule has 0 bridgehead atoms. The van der Waals surface area contributed by atoms with Crippen LogP contribution >= 0.6 is 10.6 Å². The van der Waals surface area contributed by atoms with E-state index in [0.717, 1.165) is 5.56 Å². The molecule has 1 saturated heterocycles. The normalized spacial score (nSPS) is 20.7. The highest BCUT2D eigenvalue weighted by atomic mass is 32.3. The number of nitrogens with zero attached hydrogens (tertiary/aromatic N) is 2. The second kappa shape index (κ2) is 8.17. The van der Waals surface area contributed by atoms with Crippen LogP contribution in [0, 0.1) is 11.3 Å². The van der Waals surface area contributed by atoms with Gasteiger partial charge in [0.15, 0.2) is 0 Å². The van der Waals surface area contributed by atoms with E-state index < -0.39 is 28.6 Å². The number of fused-ring (bicyclic) bond motifs is 1. The van der Waals surface area contributed by atoms with Crippen LogP contribution in [-0.2, 0) is 0 Å². The summed E-state index contributed by atoms with van der Waals surface area (Å²) in [5.41, 5.74) is 1.46. The molecule has 1 aromatic heterocycles. The third kappa shape index (κ3) is 4.06. The van der Waals surface area contributed by atoms with Gasteiger partial charge < -0.3 is 15.2 Å². The van der Waals surface area contributed by atoms with Gasteiger partial charge in [-0.25, -0.2) is 4.98 Å². The number of carbonyl (C=O) groups is 1. The third-order valence-electron chi connectivity index (χ3n) is 5.26. The first kappa shape index (κ1) is 21.1. The van der Waals surface area contributed by atoms with Gasteiger partial charge in [-0.2, -0.15) is 15.9 Å². The first-order valence-corrected chi connectivity index (χ1v) is 11.4. The number of aliphatic hydroxyl groups is 1. The van der Waals surface area contributed by atoms with Gasteiger partial charge in [0.2, 0.25) is 0 Å². The molecule has 2 heterocycles. The average Bonchev–Trinajstić information content (AvgIpc) is 3.03. The number of methoxy groups -OCH3 is 1. The molecule has 0 radical (unpaired) electrons. The van der Waals surface area contributed by atoms with E-state index in [-0.39, 0.29) is 22.9 Å². The van der Waals surface area contributed by atoms with Crippen LogP contribution in [0.2, 0.25) is 0 Å². The van der Waals surface area contributed by atoms with Crippen molar-refractivity contribution in [2.75, 3.05) is 18.6 Å². The molecule has 3 aromatic rings. The molecule has 4 N–H and O–H groups in total. The van der Waals surface area contributed by atoms with Gasteiger partial charge >= 0.3 is 0 Å². The van der Waals surface area contributed by atoms with Crippen LogP contribution in [0.5, 0.6) is 5.75 Å². The Kier molecular flexibility index (Phi) is 5.56. The Morgan fingerprint density at radius 2 is 1.94 bits per heavy atom. The molecule has 0 saturated carbocycles. The standard InChI is InChI=1S/C22H21N3O5S/c1-30-14-7-8-15-16(9-14)20(13-5-3-2-4-6-13)17(10-23)24-21(15)22(27)25-18-11-31(28,29)12-19(18)26/h2-9,18-19,26,28-29H,11-12H2,1H3,(H,25,27)/t18-,19-/m1/s1. The summed E-state index contributed by atoms with van der Waals surface area (Å²) in [6.45, 7) is 0. The predicted molar refractivity (Wildman–Crippen MR) is 118 cm³/mol. The lowest BCUT2D eigenvalue weighted by atomic mass is 9.95. The summed E-state index contributed by atoms with van der Waals surface area (Å²) in [5.74, 6) is -0.350. The summed E-state index contributed by atoms with van der Waals surface area (Å²) in [6, 6.07) is 15.7. The zero-order valence-corrected chi connectivity index (χ0v) is 17.5. The highest BCUT2D eigenvalue weighted by molar-refractivity contribution is 8.24. The number of rotatable bonds is 4. The first-order valence-electron chi connectivity index (χ1n) is 9.53. The SMILES string of the molecule is COc1ccc2c(C(=O)N[C@@H]3CS(O)(O)C[C@H]3O)nc(C#N)c(-c3ccccc3)c2c1. The van der Waals surface area contributed by atoms with Crippen LogP contribution in [0.3, 0.4) is 0 Å². The lowest BCUT2D eigenvalue weighted by Crippen LogP contribution is -2.43. The number of hydrogen-bond donors (Lipinski definition) is 4. The molecular formula is C22H21N3O5S. The topological polar surface area (TPSA) is 136 Å². The number of ether oxygens (including phenoxy) is 1. The van der Waals surface area contributed by atoms with Crippen LogP contribution in [0.15, 0.2) is 48.5 Å². The number of aromatic nitrogens is 1. The van der Waals surface area contributed by atoms with Crippen molar-refractivity contribution in [3.63, 3.8) is 0 Å². The van der Waals surface area contributed by atoms with Gasteiger partial charge in [-0.05, 0) is 29.1 Å². The van der Waals surface area contributed by atoms with Crippen LogP contribution < -0.4 is 10.1 Å². The summed E-state index contributed by atoms with van der Waals surface area (Å²) in [7, 11) is -1.40. The van der Waals surface area contributed by atoms with Gasteiger partial charge in [-0.15, -0.1) is 0 Å². The van der Waals surface area contributed by atoms with E-state index in [1.807, 2.05) is 30.3 Å². The molecule has 160 valence electrons. The highest BCUT2D eigenvalue weighted by Gasteiger charge is 2.38. The smallest absolute Gasteiger partial charge is 0.270 e. The van der Waals surface area contributed by atoms with Gasteiger partial charge in [0.05, 0.1) is 30.8 Å². The lowest BCUT2D eigenvalue weighted by molar-refractivity contribution is 0.0885. The summed E-state index contributed by atoms with van der Waals surface area (Å²) in [5, 5.41) is 23.7. The van der Waals surface area contributed by atoms with Crippen LogP contribution in [0.1, 0.15) is 16.2 Å². The minimum atomic E-state index is -2.93. The fraction of sp³-hybridized carbons (Fsp3) is 0.227. The number of hydrogen-bond acceptors (Lipinski definition) is 7. The van der Waals surface area contributed by atoms with Crippen molar-refractivity contribution in [1.29, 1.82) is 5.26 Å². The average molecular weight is 439 g/mol. The highest BCUT2D eigenvalue weighted by Crippen LogP contribution is 2.46. The molecule has 0 spiro atoms. The van der Waals surface area contributed by atoms with Crippen molar-refractivity contribution in [1.82, 2.24) is 10.3 Å². The molecule has 2 atom stereocenters. The minimum absolute atomic E-state index is 0.0180. The molecule has 4 rings (SSSR count). The molecule has 1 aliphatic rings. The van der Waals surface area contributed by atoms with Crippen molar-refractivity contribution in [2.24, 2.45) is 0 Å². The molecule has 1 aliphatic heterocycles. The van der Waals surface area contributed by atoms with E-state index in [4.69, 9.17) is 4.74 Å². The lowest BCUT2D eigenvalue weighted by Gasteiger charge is -2.25. The molecule has 9 heteroatoms. The quantitative estimate of drug-likeness (QED) is 0.491. The summed E-state index contributed by atoms with van der Waals surface area (Å²) < 4.78 is 25.0. The molecule has 0 aliphatic carbocycles. The Hall–Kier alpha value is -3.16. The third-order valence-corrected chi connectivity index (χ3v) is 7.03. The number of nitrogens with one attached hydrogen (secondary N) is 1. The molecule has 0 unspecified atom stereocenters. The summed E-state index contributed by atoms with van der Waals surface area (Å²) in [4.78, 5) is 17.4. The van der Waals surface area contributed by atoms with Gasteiger partial charge in [-0.3, -0.25) is 13.9 Å². The Balaban J connectivity index is 1.85. The van der Waals surface area contributed by atoms with Gasteiger partial charge in [0.25, 0.3) is 5.91 Å². The predicted octanol–water partition coefficient (Wildman–Crippen LogP) is 3.01. The van der Waals surface area contributed by atoms with Gasteiger partial charge in [0.1, 0.15) is 23.2 Å². The monoisotopic (exact) mass is 439 g/mol. The van der Waals surface area contributed by atoms with Crippen LogP contribution in [0.25, 0.3) is 21.9 Å². The maximum Gasteiger partial charge on any atom is 0.270 e. The largest absolute Gasteiger partial charge is 0.497 e. The van der Waals surface area contributed by atoms with Crippen molar-refractivity contribution in [3.8, 4) is 22.9 Å². The molecule has 2 aromatic carbocycles. The second-order valence-electron chi connectivity index (χ2n) is 7.36. The van der Waals surface area contributed by atoms with E-state index >= 15 is 0 Å². The number of carbonyl (C=O) groups excluding carboxylic acids is 1. The van der Waals surface area contributed by atoms with Crippen LogP contribution in [-0.4, -0.2) is 55.9 Å². The number of aliphatic hydroxyl groups excluding tert-OH is 1. The number of pyridine rings is 1. The van der Waals surface area contributed by atoms with Crippen molar-refractivity contribution >= 4 is 27.3 Å². The van der Waals surface area contributed by atoms with E-state index in [2.05, 4.69) is 16.4 Å².